The van der Waals surface area contributed by atoms with E-state index >= 15 is 0 Å². The number of esters is 1. The van der Waals surface area contributed by atoms with Gasteiger partial charge in [0, 0.05) is 0 Å². The summed E-state index contributed by atoms with van der Waals surface area (Å²) >= 11 is 0. The Morgan fingerprint density at radius 3 is 2.33 bits per heavy atom. The maximum atomic E-state index is 11.5. The highest BCUT2D eigenvalue weighted by molar-refractivity contribution is 5.75. The molecular weight excluding hydrogens is 232 g/mol. The Kier molecular flexibility index (Phi) is 4.71. The Hall–Kier alpha value is -2.53. The Labute approximate surface area is 105 Å². The lowest BCUT2D eigenvalue weighted by molar-refractivity contribution is -0.153. The van der Waals surface area contributed by atoms with Crippen LogP contribution in [0.5, 0.6) is 5.75 Å². The van der Waals surface area contributed by atoms with Crippen LogP contribution in [-0.2, 0) is 9.53 Å². The van der Waals surface area contributed by atoms with E-state index in [1.54, 1.807) is 30.3 Å². The number of nitriles is 2. The molecule has 0 heterocycles. The summed E-state index contributed by atoms with van der Waals surface area (Å²) < 4.78 is 10.1. The van der Waals surface area contributed by atoms with E-state index in [-0.39, 0.29) is 0 Å². The molecule has 0 aliphatic rings. The maximum Gasteiger partial charge on any atom is 0.348 e. The van der Waals surface area contributed by atoms with E-state index in [1.165, 1.54) is 13.8 Å². The van der Waals surface area contributed by atoms with Crippen LogP contribution in [0.4, 0.5) is 0 Å². The second-order valence-corrected chi connectivity index (χ2v) is 3.60. The molecule has 1 aromatic carbocycles. The van der Waals surface area contributed by atoms with Gasteiger partial charge in [-0.3, -0.25) is 0 Å². The molecule has 0 unspecified atom stereocenters. The lowest BCUT2D eigenvalue weighted by atomic mass is 10.2. The number of benzene rings is 1. The van der Waals surface area contributed by atoms with E-state index in [1.807, 2.05) is 6.07 Å². The number of carbonyl (C=O) groups is 1. The second-order valence-electron chi connectivity index (χ2n) is 3.60. The smallest absolute Gasteiger partial charge is 0.348 e. The van der Waals surface area contributed by atoms with Crippen molar-refractivity contribution in [3.05, 3.63) is 29.8 Å². The van der Waals surface area contributed by atoms with E-state index < -0.39 is 18.2 Å². The summed E-state index contributed by atoms with van der Waals surface area (Å²) in [6.07, 6.45) is -1.61. The average molecular weight is 244 g/mol. The van der Waals surface area contributed by atoms with Crippen LogP contribution in [0.15, 0.2) is 24.3 Å². The molecule has 2 atom stereocenters. The van der Waals surface area contributed by atoms with Crippen LogP contribution in [0.25, 0.3) is 0 Å². The SMILES string of the molecule is C[C@H](C#N)OC(=O)[C@H](C)Oc1ccc(C#N)cc1. The van der Waals surface area contributed by atoms with Crippen molar-refractivity contribution in [2.75, 3.05) is 0 Å². The Bertz CT molecular complexity index is 496. The van der Waals surface area contributed by atoms with E-state index in [9.17, 15) is 4.79 Å². The van der Waals surface area contributed by atoms with Gasteiger partial charge in [-0.1, -0.05) is 0 Å². The number of rotatable bonds is 4. The maximum absolute atomic E-state index is 11.5. The third-order valence-electron chi connectivity index (χ3n) is 2.10. The lowest BCUT2D eigenvalue weighted by Gasteiger charge is -2.14. The lowest BCUT2D eigenvalue weighted by Crippen LogP contribution is -2.28. The third-order valence-corrected chi connectivity index (χ3v) is 2.10. The van der Waals surface area contributed by atoms with Gasteiger partial charge in [0.2, 0.25) is 0 Å². The van der Waals surface area contributed by atoms with Crippen molar-refractivity contribution in [3.63, 3.8) is 0 Å². The molecule has 0 N–H and O–H groups in total. The average Bonchev–Trinajstić information content (AvgIpc) is 2.39. The molecule has 0 aliphatic carbocycles. The zero-order valence-electron chi connectivity index (χ0n) is 10.1. The summed E-state index contributed by atoms with van der Waals surface area (Å²) in [6, 6.07) is 10.1. The molecule has 0 saturated heterocycles. The zero-order chi connectivity index (χ0) is 13.5. The summed E-state index contributed by atoms with van der Waals surface area (Å²) in [6.45, 7) is 3.01. The Balaban J connectivity index is 2.59. The molecule has 92 valence electrons. The van der Waals surface area contributed by atoms with Gasteiger partial charge in [-0.15, -0.1) is 0 Å². The van der Waals surface area contributed by atoms with Crippen LogP contribution in [0, 0.1) is 22.7 Å². The minimum Gasteiger partial charge on any atom is -0.479 e. The summed E-state index contributed by atoms with van der Waals surface area (Å²) in [5.41, 5.74) is 0.510. The van der Waals surface area contributed by atoms with Crippen LogP contribution in [0.2, 0.25) is 0 Å². The van der Waals surface area contributed by atoms with Gasteiger partial charge < -0.3 is 9.47 Å². The Morgan fingerprint density at radius 2 is 1.83 bits per heavy atom. The minimum absolute atomic E-state index is 0.461. The molecule has 1 aromatic rings. The molecule has 0 aromatic heterocycles. The molecule has 0 amide bonds. The number of ether oxygens (including phenoxy) is 2. The topological polar surface area (TPSA) is 83.1 Å². The van der Waals surface area contributed by atoms with Crippen molar-refractivity contribution in [1.82, 2.24) is 0 Å². The first kappa shape index (κ1) is 13.5. The summed E-state index contributed by atoms with van der Waals surface area (Å²) in [4.78, 5) is 11.5. The molecule has 0 radical (unpaired) electrons. The quantitative estimate of drug-likeness (QED) is 0.754. The molecule has 0 spiro atoms. The van der Waals surface area contributed by atoms with Crippen LogP contribution in [0.3, 0.4) is 0 Å². The van der Waals surface area contributed by atoms with Gasteiger partial charge >= 0.3 is 5.97 Å². The first-order valence-corrected chi connectivity index (χ1v) is 5.33. The highest BCUT2D eigenvalue weighted by Crippen LogP contribution is 2.14. The highest BCUT2D eigenvalue weighted by Gasteiger charge is 2.18. The number of nitrogens with zero attached hydrogens (tertiary/aromatic N) is 2. The normalized spacial score (nSPS) is 12.7. The molecule has 0 saturated carbocycles. The first-order valence-electron chi connectivity index (χ1n) is 5.33. The predicted molar refractivity (Wildman–Crippen MR) is 62.4 cm³/mol. The van der Waals surface area contributed by atoms with Crippen LogP contribution in [0.1, 0.15) is 19.4 Å². The second kappa shape index (κ2) is 6.27. The fourth-order valence-corrected chi connectivity index (χ4v) is 1.16. The number of hydrogen-bond acceptors (Lipinski definition) is 5. The van der Waals surface area contributed by atoms with Crippen LogP contribution < -0.4 is 4.74 Å². The summed E-state index contributed by atoms with van der Waals surface area (Å²) in [5, 5.41) is 17.1. The molecule has 18 heavy (non-hydrogen) atoms. The van der Waals surface area contributed by atoms with Crippen molar-refractivity contribution in [3.8, 4) is 17.9 Å². The summed E-state index contributed by atoms with van der Waals surface area (Å²) in [7, 11) is 0. The van der Waals surface area contributed by atoms with Gasteiger partial charge in [0.25, 0.3) is 0 Å². The van der Waals surface area contributed by atoms with Crippen LogP contribution in [-0.4, -0.2) is 18.2 Å². The van der Waals surface area contributed by atoms with Crippen molar-refractivity contribution in [1.29, 1.82) is 10.5 Å². The molecule has 5 heteroatoms. The van der Waals surface area contributed by atoms with Gasteiger partial charge in [-0.25, -0.2) is 4.79 Å². The van der Waals surface area contributed by atoms with Gasteiger partial charge in [0.15, 0.2) is 12.2 Å². The van der Waals surface area contributed by atoms with E-state index in [2.05, 4.69) is 0 Å². The van der Waals surface area contributed by atoms with Gasteiger partial charge in [-0.05, 0) is 38.1 Å². The minimum atomic E-state index is -0.811. The monoisotopic (exact) mass is 244 g/mol. The van der Waals surface area contributed by atoms with Gasteiger partial charge in [0.05, 0.1) is 11.6 Å². The molecular formula is C13H12N2O3. The fourth-order valence-electron chi connectivity index (χ4n) is 1.16. The van der Waals surface area contributed by atoms with E-state index in [0.717, 1.165) is 0 Å². The number of carbonyl (C=O) groups excluding carboxylic acids is 1. The van der Waals surface area contributed by atoms with Crippen molar-refractivity contribution >= 4 is 5.97 Å². The summed E-state index contributed by atoms with van der Waals surface area (Å²) in [5.74, 6) is -0.142. The fraction of sp³-hybridized carbons (Fsp3) is 0.308. The molecule has 0 aliphatic heterocycles. The zero-order valence-corrected chi connectivity index (χ0v) is 10.1. The van der Waals surface area contributed by atoms with Crippen molar-refractivity contribution < 1.29 is 14.3 Å². The molecule has 5 nitrogen and oxygen atoms in total. The van der Waals surface area contributed by atoms with E-state index in [4.69, 9.17) is 20.0 Å². The van der Waals surface area contributed by atoms with Crippen LogP contribution >= 0.6 is 0 Å². The van der Waals surface area contributed by atoms with Gasteiger partial charge in [0.1, 0.15) is 11.8 Å². The van der Waals surface area contributed by atoms with Crippen molar-refractivity contribution in [2.45, 2.75) is 26.1 Å². The molecule has 0 fully saturated rings. The van der Waals surface area contributed by atoms with Gasteiger partial charge in [-0.2, -0.15) is 10.5 Å². The number of hydrogen-bond donors (Lipinski definition) is 0. The first-order chi connectivity index (χ1) is 8.56. The predicted octanol–water partition coefficient (Wildman–Crippen LogP) is 1.78. The standard InChI is InChI=1S/C13H12N2O3/c1-9(7-14)17-13(16)10(2)18-12-5-3-11(8-15)4-6-12/h3-6,9-10H,1-2H3/t9-,10+/m1/s1. The van der Waals surface area contributed by atoms with Crippen molar-refractivity contribution in [2.24, 2.45) is 0 Å². The Morgan fingerprint density at radius 1 is 1.22 bits per heavy atom. The molecule has 0 bridgehead atoms. The third kappa shape index (κ3) is 3.80. The highest BCUT2D eigenvalue weighted by atomic mass is 16.6. The van der Waals surface area contributed by atoms with E-state index in [0.29, 0.717) is 11.3 Å². The largest absolute Gasteiger partial charge is 0.479 e. The molecule has 1 rings (SSSR count).